The third kappa shape index (κ3) is 45.8. The van der Waals surface area contributed by atoms with Gasteiger partial charge in [-0.1, -0.05) is 242 Å². The summed E-state index contributed by atoms with van der Waals surface area (Å²) in [6.45, 7) is 4.22. The fourth-order valence-electron chi connectivity index (χ4n) is 8.01. The summed E-state index contributed by atoms with van der Waals surface area (Å²) in [6.07, 6.45) is 65.7. The minimum Gasteiger partial charge on any atom is -0.394 e. The maximum Gasteiger partial charge on any atom is 0.222 e. The zero-order valence-electron chi connectivity index (χ0n) is 40.1. The second kappa shape index (κ2) is 50.0. The Kier molecular flexibility index (Phi) is 48.6. The highest BCUT2D eigenvalue weighted by atomic mass is 16.3. The molecule has 0 aromatic rings. The fraction of sp³-hybridized carbons (Fsp3) is 0.836. The van der Waals surface area contributed by atoms with Crippen LogP contribution in [0.5, 0.6) is 0 Å². The number of nitrogens with one attached hydrogen (secondary N) is 1. The van der Waals surface area contributed by atoms with E-state index < -0.39 is 18.2 Å². The first kappa shape index (κ1) is 58.3. The molecule has 0 bridgehead atoms. The van der Waals surface area contributed by atoms with Crippen molar-refractivity contribution in [2.24, 2.45) is 0 Å². The fourth-order valence-corrected chi connectivity index (χ4v) is 8.01. The lowest BCUT2D eigenvalue weighted by Crippen LogP contribution is -2.45. The van der Waals surface area contributed by atoms with E-state index in [2.05, 4.69) is 55.6 Å². The van der Waals surface area contributed by atoms with Crippen molar-refractivity contribution in [2.75, 3.05) is 6.61 Å². The lowest BCUT2D eigenvalue weighted by atomic mass is 10.0. The summed E-state index contributed by atoms with van der Waals surface area (Å²) in [7, 11) is 0. The molecule has 0 aromatic carbocycles. The number of aliphatic hydroxyl groups is 3. The highest BCUT2D eigenvalue weighted by molar-refractivity contribution is 5.76. The lowest BCUT2D eigenvalue weighted by molar-refractivity contribution is -0.124. The van der Waals surface area contributed by atoms with E-state index in [1.807, 2.05) is 6.08 Å². The van der Waals surface area contributed by atoms with Crippen LogP contribution in [0.2, 0.25) is 0 Å². The highest BCUT2D eigenvalue weighted by Gasteiger charge is 2.20. The van der Waals surface area contributed by atoms with Crippen LogP contribution in [-0.4, -0.2) is 46.1 Å². The van der Waals surface area contributed by atoms with Gasteiger partial charge < -0.3 is 20.6 Å². The first-order chi connectivity index (χ1) is 29.5. The zero-order chi connectivity index (χ0) is 43.7. The van der Waals surface area contributed by atoms with E-state index in [0.717, 1.165) is 38.5 Å². The number of unbranched alkanes of at least 4 members (excludes halogenated alkanes) is 33. The molecule has 5 heteroatoms. The van der Waals surface area contributed by atoms with Crippen LogP contribution in [0.1, 0.15) is 271 Å². The van der Waals surface area contributed by atoms with Crippen molar-refractivity contribution in [1.82, 2.24) is 5.32 Å². The Morgan fingerprint density at radius 1 is 0.417 bits per heavy atom. The van der Waals surface area contributed by atoms with Crippen LogP contribution in [0.25, 0.3) is 0 Å². The molecule has 0 saturated carbocycles. The van der Waals surface area contributed by atoms with Crippen molar-refractivity contribution in [3.63, 3.8) is 0 Å². The number of carbonyl (C=O) groups is 1. The summed E-state index contributed by atoms with van der Waals surface area (Å²) in [5.74, 6) is -0.330. The standard InChI is InChI=1S/C55H103NO4/c1-3-5-7-9-11-13-15-17-19-21-23-25-27-28-30-32-34-36-38-40-42-44-46-48-52(58)50-55(60)56-53(51-57)54(59)49-47-45-43-41-39-37-35-33-31-29-26-24-22-20-18-16-14-12-10-8-6-4-2/h28,30-31,33,39,41,47,49,52-54,57-59H,3-27,29,32,34-38,40,42-46,48,50-51H2,1-2H3,(H,56,60)/b30-28-,33-31+,41-39+,49-47+. The molecular weight excluding hydrogens is 739 g/mol. The van der Waals surface area contributed by atoms with Crippen molar-refractivity contribution >= 4 is 5.91 Å². The Morgan fingerprint density at radius 2 is 0.717 bits per heavy atom. The van der Waals surface area contributed by atoms with Gasteiger partial charge in [-0.15, -0.1) is 0 Å². The maximum atomic E-state index is 12.5. The quantitative estimate of drug-likeness (QED) is 0.0363. The average Bonchev–Trinajstić information content (AvgIpc) is 3.24. The number of carbonyl (C=O) groups excluding carboxylic acids is 1. The minimum atomic E-state index is -0.963. The van der Waals surface area contributed by atoms with Gasteiger partial charge in [-0.25, -0.2) is 0 Å². The topological polar surface area (TPSA) is 89.8 Å². The summed E-state index contributed by atoms with van der Waals surface area (Å²) in [6, 6.07) is -0.770. The molecule has 0 aliphatic carbocycles. The minimum absolute atomic E-state index is 0.000849. The highest BCUT2D eigenvalue weighted by Crippen LogP contribution is 2.16. The second-order valence-corrected chi connectivity index (χ2v) is 18.1. The van der Waals surface area contributed by atoms with Gasteiger partial charge >= 0.3 is 0 Å². The number of amides is 1. The first-order valence-electron chi connectivity index (χ1n) is 26.4. The van der Waals surface area contributed by atoms with E-state index in [1.54, 1.807) is 6.08 Å². The third-order valence-electron chi connectivity index (χ3n) is 12.1. The number of rotatable bonds is 48. The van der Waals surface area contributed by atoms with Crippen LogP contribution >= 0.6 is 0 Å². The predicted octanol–water partition coefficient (Wildman–Crippen LogP) is 16.1. The van der Waals surface area contributed by atoms with Gasteiger partial charge in [-0.2, -0.15) is 0 Å². The molecule has 3 unspecified atom stereocenters. The van der Waals surface area contributed by atoms with Crippen molar-refractivity contribution in [2.45, 2.75) is 289 Å². The zero-order valence-corrected chi connectivity index (χ0v) is 40.1. The number of hydrogen-bond donors (Lipinski definition) is 4. The molecule has 4 N–H and O–H groups in total. The largest absolute Gasteiger partial charge is 0.394 e. The van der Waals surface area contributed by atoms with Crippen LogP contribution < -0.4 is 5.32 Å². The van der Waals surface area contributed by atoms with Crippen LogP contribution in [0.4, 0.5) is 0 Å². The Hall–Kier alpha value is -1.69. The lowest BCUT2D eigenvalue weighted by Gasteiger charge is -2.21. The average molecular weight is 842 g/mol. The molecule has 0 saturated heterocycles. The summed E-state index contributed by atoms with van der Waals surface area (Å²) < 4.78 is 0. The predicted molar refractivity (Wildman–Crippen MR) is 264 cm³/mol. The van der Waals surface area contributed by atoms with Crippen LogP contribution in [-0.2, 0) is 4.79 Å². The van der Waals surface area contributed by atoms with Gasteiger partial charge in [0.1, 0.15) is 0 Å². The molecule has 0 aliphatic heterocycles. The van der Waals surface area contributed by atoms with Gasteiger partial charge in [0.05, 0.1) is 31.3 Å². The van der Waals surface area contributed by atoms with Crippen LogP contribution in [0.3, 0.4) is 0 Å². The molecule has 0 spiro atoms. The van der Waals surface area contributed by atoms with E-state index in [0.29, 0.717) is 6.42 Å². The van der Waals surface area contributed by atoms with E-state index in [1.165, 1.54) is 205 Å². The molecule has 0 aromatic heterocycles. The van der Waals surface area contributed by atoms with Crippen molar-refractivity contribution in [1.29, 1.82) is 0 Å². The normalized spacial score (nSPS) is 13.8. The Morgan fingerprint density at radius 3 is 1.07 bits per heavy atom. The smallest absolute Gasteiger partial charge is 0.222 e. The number of hydrogen-bond acceptors (Lipinski definition) is 4. The van der Waals surface area contributed by atoms with Gasteiger partial charge in [0, 0.05) is 0 Å². The summed E-state index contributed by atoms with van der Waals surface area (Å²) >= 11 is 0. The SMILES string of the molecule is CCCCCCCCCCCCCC/C=C\CCCCCCCCCC(O)CC(=O)NC(CO)C(O)/C=C/CC/C=C/CC/C=C/CCCCCCCCCCCCCC. The Bertz CT molecular complexity index is 974. The van der Waals surface area contributed by atoms with E-state index in [4.69, 9.17) is 0 Å². The monoisotopic (exact) mass is 842 g/mol. The van der Waals surface area contributed by atoms with Crippen LogP contribution in [0.15, 0.2) is 48.6 Å². The van der Waals surface area contributed by atoms with Gasteiger partial charge in [-0.3, -0.25) is 4.79 Å². The summed E-state index contributed by atoms with van der Waals surface area (Å²) in [5.41, 5.74) is 0. The second-order valence-electron chi connectivity index (χ2n) is 18.1. The van der Waals surface area contributed by atoms with E-state index in [-0.39, 0.29) is 18.9 Å². The number of allylic oxidation sites excluding steroid dienone is 7. The molecule has 0 fully saturated rings. The molecule has 0 radical (unpaired) electrons. The molecule has 3 atom stereocenters. The van der Waals surface area contributed by atoms with Gasteiger partial charge in [0.15, 0.2) is 0 Å². The van der Waals surface area contributed by atoms with Gasteiger partial charge in [-0.05, 0) is 70.6 Å². The maximum absolute atomic E-state index is 12.5. The Balaban J connectivity index is 3.67. The third-order valence-corrected chi connectivity index (χ3v) is 12.1. The first-order valence-corrected chi connectivity index (χ1v) is 26.4. The van der Waals surface area contributed by atoms with Crippen LogP contribution in [0, 0.1) is 0 Å². The van der Waals surface area contributed by atoms with Crippen molar-refractivity contribution in [3.05, 3.63) is 48.6 Å². The molecule has 0 aliphatic rings. The molecule has 0 rings (SSSR count). The molecule has 60 heavy (non-hydrogen) atoms. The molecule has 5 nitrogen and oxygen atoms in total. The molecule has 0 heterocycles. The molecule has 1 amide bonds. The van der Waals surface area contributed by atoms with Gasteiger partial charge in [0.2, 0.25) is 5.91 Å². The summed E-state index contributed by atoms with van der Waals surface area (Å²) in [4.78, 5) is 12.5. The molecule has 352 valence electrons. The number of aliphatic hydroxyl groups excluding tert-OH is 3. The Labute approximate surface area is 374 Å². The van der Waals surface area contributed by atoms with Crippen molar-refractivity contribution < 1.29 is 20.1 Å². The van der Waals surface area contributed by atoms with Crippen molar-refractivity contribution in [3.8, 4) is 0 Å². The van der Waals surface area contributed by atoms with Gasteiger partial charge in [0.25, 0.3) is 0 Å². The van der Waals surface area contributed by atoms with E-state index in [9.17, 15) is 20.1 Å². The summed E-state index contributed by atoms with van der Waals surface area (Å²) in [5, 5.41) is 33.4. The van der Waals surface area contributed by atoms with E-state index >= 15 is 0 Å². The molecular formula is C55H103NO4.